The predicted octanol–water partition coefficient (Wildman–Crippen LogP) is 2.81. The van der Waals surface area contributed by atoms with Crippen LogP contribution in [0.3, 0.4) is 0 Å². The minimum absolute atomic E-state index is 0.293. The van der Waals surface area contributed by atoms with Gasteiger partial charge in [0, 0.05) is 12.1 Å². The molecule has 2 rings (SSSR count). The summed E-state index contributed by atoms with van der Waals surface area (Å²) < 4.78 is 0. The number of carbonyl (C=O) groups excluding carboxylic acids is 1. The fourth-order valence-corrected chi connectivity index (χ4v) is 2.72. The zero-order valence-electron chi connectivity index (χ0n) is 11.0. The lowest BCUT2D eigenvalue weighted by Gasteiger charge is -2.23. The molecule has 2 aliphatic carbocycles. The summed E-state index contributed by atoms with van der Waals surface area (Å²) in [5.74, 6) is 0. The van der Waals surface area contributed by atoms with Gasteiger partial charge in [0.15, 0.2) is 0 Å². The molecule has 0 saturated heterocycles. The van der Waals surface area contributed by atoms with Crippen molar-refractivity contribution in [1.29, 1.82) is 0 Å². The van der Waals surface area contributed by atoms with Crippen molar-refractivity contribution in [1.82, 2.24) is 11.0 Å². The molecule has 0 bridgehead atoms. The number of hydrogen-bond donors (Lipinski definition) is 2. The first-order valence-electron chi connectivity index (χ1n) is 7.23. The highest BCUT2D eigenvalue weighted by atomic mass is 16.9. The van der Waals surface area contributed by atoms with Crippen LogP contribution in [0.15, 0.2) is 0 Å². The Morgan fingerprint density at radius 1 is 0.722 bits per heavy atom. The van der Waals surface area contributed by atoms with E-state index < -0.39 is 6.16 Å². The molecule has 5 heteroatoms. The van der Waals surface area contributed by atoms with E-state index in [2.05, 4.69) is 11.0 Å². The summed E-state index contributed by atoms with van der Waals surface area (Å²) in [7, 11) is 0. The minimum atomic E-state index is -0.675. The van der Waals surface area contributed by atoms with Crippen molar-refractivity contribution in [3.8, 4) is 0 Å². The number of rotatable bonds is 4. The first-order valence-corrected chi connectivity index (χ1v) is 7.23. The third-order valence-electron chi connectivity index (χ3n) is 3.83. The second-order valence-corrected chi connectivity index (χ2v) is 5.36. The Balaban J connectivity index is 1.54. The molecule has 104 valence electrons. The van der Waals surface area contributed by atoms with Gasteiger partial charge in [-0.25, -0.2) is 0 Å². The quantitative estimate of drug-likeness (QED) is 0.757. The molecule has 0 aromatic carbocycles. The minimum Gasteiger partial charge on any atom is -0.337 e. The molecular formula is C13H24N2O3. The number of hydrogen-bond acceptors (Lipinski definition) is 5. The van der Waals surface area contributed by atoms with E-state index in [-0.39, 0.29) is 0 Å². The van der Waals surface area contributed by atoms with Crippen LogP contribution >= 0.6 is 0 Å². The molecular weight excluding hydrogens is 232 g/mol. The summed E-state index contributed by atoms with van der Waals surface area (Å²) in [4.78, 5) is 21.2. The number of nitrogens with one attached hydrogen (secondary N) is 2. The average Bonchev–Trinajstić information content (AvgIpc) is 2.45. The average molecular weight is 256 g/mol. The van der Waals surface area contributed by atoms with E-state index in [0.717, 1.165) is 25.7 Å². The van der Waals surface area contributed by atoms with Crippen LogP contribution in [-0.2, 0) is 9.68 Å². The lowest BCUT2D eigenvalue weighted by molar-refractivity contribution is -0.0382. The van der Waals surface area contributed by atoms with Gasteiger partial charge < -0.3 is 9.68 Å². The van der Waals surface area contributed by atoms with E-state index in [4.69, 9.17) is 9.68 Å². The van der Waals surface area contributed by atoms with Crippen LogP contribution in [0.4, 0.5) is 4.79 Å². The molecule has 0 heterocycles. The molecule has 2 saturated carbocycles. The van der Waals surface area contributed by atoms with Crippen molar-refractivity contribution in [2.45, 2.75) is 76.3 Å². The SMILES string of the molecule is O=C(ONC1CCCCC1)ONC1CCCCC1. The van der Waals surface area contributed by atoms with Gasteiger partial charge >= 0.3 is 6.16 Å². The lowest BCUT2D eigenvalue weighted by atomic mass is 9.96. The third-order valence-corrected chi connectivity index (χ3v) is 3.83. The van der Waals surface area contributed by atoms with Crippen molar-refractivity contribution < 1.29 is 14.5 Å². The zero-order valence-corrected chi connectivity index (χ0v) is 11.0. The normalized spacial score (nSPS) is 22.7. The maximum Gasteiger partial charge on any atom is 0.547 e. The van der Waals surface area contributed by atoms with Crippen LogP contribution in [0.2, 0.25) is 0 Å². The van der Waals surface area contributed by atoms with E-state index in [0.29, 0.717) is 12.1 Å². The lowest BCUT2D eigenvalue weighted by Crippen LogP contribution is -2.37. The summed E-state index contributed by atoms with van der Waals surface area (Å²) in [6.45, 7) is 0. The van der Waals surface area contributed by atoms with E-state index in [1.807, 2.05) is 0 Å². The second-order valence-electron chi connectivity index (χ2n) is 5.36. The fraction of sp³-hybridized carbons (Fsp3) is 0.923. The maximum absolute atomic E-state index is 11.4. The van der Waals surface area contributed by atoms with Crippen LogP contribution in [0.1, 0.15) is 64.2 Å². The molecule has 0 atom stereocenters. The van der Waals surface area contributed by atoms with E-state index in [1.165, 1.54) is 38.5 Å². The van der Waals surface area contributed by atoms with Gasteiger partial charge in [0.1, 0.15) is 0 Å². The smallest absolute Gasteiger partial charge is 0.337 e. The van der Waals surface area contributed by atoms with Crippen molar-refractivity contribution >= 4 is 6.16 Å². The van der Waals surface area contributed by atoms with Crippen LogP contribution < -0.4 is 11.0 Å². The van der Waals surface area contributed by atoms with Crippen LogP contribution in [0, 0.1) is 0 Å². The Morgan fingerprint density at radius 2 is 1.11 bits per heavy atom. The molecule has 2 fully saturated rings. The molecule has 2 aliphatic rings. The standard InChI is InChI=1S/C13H24N2O3/c16-13(17-14-11-7-3-1-4-8-11)18-15-12-9-5-2-6-10-12/h11-12,14-15H,1-10H2. The molecule has 0 spiro atoms. The molecule has 2 N–H and O–H groups in total. The summed E-state index contributed by atoms with van der Waals surface area (Å²) in [6, 6.07) is 0.585. The summed E-state index contributed by atoms with van der Waals surface area (Å²) in [5.41, 5.74) is 5.59. The van der Waals surface area contributed by atoms with Crippen LogP contribution in [-0.4, -0.2) is 18.2 Å². The van der Waals surface area contributed by atoms with E-state index >= 15 is 0 Å². The van der Waals surface area contributed by atoms with Crippen LogP contribution in [0.25, 0.3) is 0 Å². The van der Waals surface area contributed by atoms with Crippen LogP contribution in [0.5, 0.6) is 0 Å². The van der Waals surface area contributed by atoms with Gasteiger partial charge in [-0.05, 0) is 25.7 Å². The molecule has 0 aromatic heterocycles. The highest BCUT2D eigenvalue weighted by Gasteiger charge is 2.18. The molecule has 0 aromatic rings. The molecule has 5 nitrogen and oxygen atoms in total. The monoisotopic (exact) mass is 256 g/mol. The van der Waals surface area contributed by atoms with Gasteiger partial charge in [0.25, 0.3) is 0 Å². The van der Waals surface area contributed by atoms with Gasteiger partial charge in [-0.15, -0.1) is 11.0 Å². The maximum atomic E-state index is 11.4. The topological polar surface area (TPSA) is 59.6 Å². The first-order chi connectivity index (χ1) is 8.84. The molecule has 0 aliphatic heterocycles. The molecule has 18 heavy (non-hydrogen) atoms. The van der Waals surface area contributed by atoms with Gasteiger partial charge in [-0.3, -0.25) is 0 Å². The Bertz CT molecular complexity index is 225. The largest absolute Gasteiger partial charge is 0.547 e. The third kappa shape index (κ3) is 4.82. The highest BCUT2D eigenvalue weighted by Crippen LogP contribution is 2.18. The molecule has 0 radical (unpaired) electrons. The fourth-order valence-electron chi connectivity index (χ4n) is 2.72. The summed E-state index contributed by atoms with van der Waals surface area (Å²) >= 11 is 0. The van der Waals surface area contributed by atoms with Gasteiger partial charge in [0.2, 0.25) is 0 Å². The zero-order chi connectivity index (χ0) is 12.6. The summed E-state index contributed by atoms with van der Waals surface area (Å²) in [6.07, 6.45) is 11.0. The van der Waals surface area contributed by atoms with Crippen molar-refractivity contribution in [3.05, 3.63) is 0 Å². The second kappa shape index (κ2) is 7.59. The highest BCUT2D eigenvalue weighted by molar-refractivity contribution is 5.59. The van der Waals surface area contributed by atoms with Crippen molar-refractivity contribution in [2.24, 2.45) is 0 Å². The summed E-state index contributed by atoms with van der Waals surface area (Å²) in [5, 5.41) is 0. The Labute approximate surface area is 109 Å². The Kier molecular flexibility index (Phi) is 5.74. The number of hydroxylamine groups is 2. The van der Waals surface area contributed by atoms with Gasteiger partial charge in [-0.1, -0.05) is 38.5 Å². The Hall–Kier alpha value is -0.810. The Morgan fingerprint density at radius 3 is 1.50 bits per heavy atom. The van der Waals surface area contributed by atoms with Crippen molar-refractivity contribution in [2.75, 3.05) is 0 Å². The van der Waals surface area contributed by atoms with E-state index in [1.54, 1.807) is 0 Å². The first kappa shape index (κ1) is 13.6. The van der Waals surface area contributed by atoms with Crippen molar-refractivity contribution in [3.63, 3.8) is 0 Å². The van der Waals surface area contributed by atoms with E-state index in [9.17, 15) is 4.79 Å². The van der Waals surface area contributed by atoms with Gasteiger partial charge in [-0.2, -0.15) is 4.79 Å². The molecule has 0 unspecified atom stereocenters. The number of carbonyl (C=O) groups is 1. The van der Waals surface area contributed by atoms with Gasteiger partial charge in [0.05, 0.1) is 0 Å². The predicted molar refractivity (Wildman–Crippen MR) is 67.6 cm³/mol. The molecule has 0 amide bonds.